The van der Waals surface area contributed by atoms with Gasteiger partial charge in [-0.2, -0.15) is 15.0 Å². The first-order chi connectivity index (χ1) is 9.55. The molecule has 2 heterocycles. The average Bonchev–Trinajstić information content (AvgIpc) is 2.78. The first-order valence-electron chi connectivity index (χ1n) is 7.03. The summed E-state index contributed by atoms with van der Waals surface area (Å²) in [7, 11) is 1.76. The van der Waals surface area contributed by atoms with Crippen LogP contribution in [-0.2, 0) is 0 Å². The third-order valence-electron chi connectivity index (χ3n) is 3.49. The van der Waals surface area contributed by atoms with Crippen LogP contribution in [0.2, 0.25) is 0 Å². The summed E-state index contributed by atoms with van der Waals surface area (Å²) >= 11 is 0. The number of nitrogens with zero attached hydrogens (tertiary/aromatic N) is 4. The van der Waals surface area contributed by atoms with Gasteiger partial charge < -0.3 is 20.1 Å². The number of aromatic nitrogens is 3. The highest BCUT2D eigenvalue weighted by molar-refractivity contribution is 5.40. The minimum absolute atomic E-state index is 0.00102. The predicted octanol–water partition coefficient (Wildman–Crippen LogP) is 0.908. The maximum atomic E-state index is 9.55. The van der Waals surface area contributed by atoms with E-state index < -0.39 is 0 Å². The molecule has 0 aliphatic carbocycles. The van der Waals surface area contributed by atoms with Crippen LogP contribution in [-0.4, -0.2) is 52.4 Å². The first-order valence-corrected chi connectivity index (χ1v) is 7.03. The monoisotopic (exact) mass is 281 g/mol. The lowest BCUT2D eigenvalue weighted by atomic mass is 10.0. The molecule has 1 fully saturated rings. The molecule has 2 N–H and O–H groups in total. The highest BCUT2D eigenvalue weighted by Crippen LogP contribution is 2.28. The van der Waals surface area contributed by atoms with Crippen molar-refractivity contribution in [1.82, 2.24) is 15.0 Å². The molecule has 0 radical (unpaired) electrons. The van der Waals surface area contributed by atoms with Crippen LogP contribution in [0.1, 0.15) is 27.2 Å². The Bertz CT molecular complexity index is 454. The topological polar surface area (TPSA) is 83.4 Å². The second kappa shape index (κ2) is 6.21. The van der Waals surface area contributed by atoms with Gasteiger partial charge in [0.25, 0.3) is 0 Å². The van der Waals surface area contributed by atoms with Crippen LogP contribution in [0.3, 0.4) is 0 Å². The van der Waals surface area contributed by atoms with E-state index in [1.165, 1.54) is 0 Å². The lowest BCUT2D eigenvalue weighted by Gasteiger charge is -2.25. The molecule has 2 atom stereocenters. The molecule has 0 bridgehead atoms. The summed E-state index contributed by atoms with van der Waals surface area (Å²) < 4.78 is 5.56. The molecular weight excluding hydrogens is 258 g/mol. The van der Waals surface area contributed by atoms with Gasteiger partial charge >= 0.3 is 6.01 Å². The van der Waals surface area contributed by atoms with Gasteiger partial charge in [0.15, 0.2) is 0 Å². The van der Waals surface area contributed by atoms with Crippen LogP contribution in [0.25, 0.3) is 0 Å². The van der Waals surface area contributed by atoms with Gasteiger partial charge in [-0.3, -0.25) is 0 Å². The Morgan fingerprint density at radius 1 is 1.40 bits per heavy atom. The minimum atomic E-state index is 0.00102. The first kappa shape index (κ1) is 14.8. The van der Waals surface area contributed by atoms with Crippen LogP contribution in [0.4, 0.5) is 11.9 Å². The maximum absolute atomic E-state index is 9.55. The molecule has 2 unspecified atom stereocenters. The molecule has 1 aromatic heterocycles. The zero-order valence-electron chi connectivity index (χ0n) is 12.5. The number of hydrogen-bond acceptors (Lipinski definition) is 7. The summed E-state index contributed by atoms with van der Waals surface area (Å²) in [5.41, 5.74) is 0. The van der Waals surface area contributed by atoms with Crippen LogP contribution >= 0.6 is 0 Å². The van der Waals surface area contributed by atoms with Crippen molar-refractivity contribution < 1.29 is 9.84 Å². The van der Waals surface area contributed by atoms with Gasteiger partial charge in [0.2, 0.25) is 11.9 Å². The van der Waals surface area contributed by atoms with E-state index in [-0.39, 0.29) is 18.8 Å². The summed E-state index contributed by atoms with van der Waals surface area (Å²) in [6, 6.07) is 0.361. The fourth-order valence-corrected chi connectivity index (χ4v) is 2.38. The molecule has 1 aliphatic rings. The zero-order chi connectivity index (χ0) is 14.7. The fraction of sp³-hybridized carbons (Fsp3) is 0.769. The van der Waals surface area contributed by atoms with Crippen LogP contribution in [0, 0.1) is 5.92 Å². The van der Waals surface area contributed by atoms with Gasteiger partial charge in [-0.25, -0.2) is 0 Å². The number of aliphatic hydroxyl groups is 1. The van der Waals surface area contributed by atoms with Crippen molar-refractivity contribution in [2.45, 2.75) is 39.3 Å². The van der Waals surface area contributed by atoms with E-state index in [0.717, 1.165) is 13.0 Å². The van der Waals surface area contributed by atoms with Crippen LogP contribution in [0.15, 0.2) is 0 Å². The van der Waals surface area contributed by atoms with Crippen LogP contribution in [0.5, 0.6) is 6.01 Å². The van der Waals surface area contributed by atoms with Crippen molar-refractivity contribution >= 4 is 11.9 Å². The molecule has 0 amide bonds. The highest BCUT2D eigenvalue weighted by atomic mass is 16.5. The van der Waals surface area contributed by atoms with Gasteiger partial charge in [0.05, 0.1) is 18.8 Å². The molecular formula is C13H23N5O2. The molecule has 0 aromatic carbocycles. The van der Waals surface area contributed by atoms with E-state index in [4.69, 9.17) is 4.74 Å². The number of aliphatic hydroxyl groups excluding tert-OH is 1. The standard InChI is InChI=1S/C13H23N5O2/c1-8(2)20-13-16-11(14-4)15-12(17-13)18-6-5-9(3)10(18)7-19/h8-10,19H,5-7H2,1-4H3,(H,14,15,16,17). The van der Waals surface area contributed by atoms with Crippen molar-refractivity contribution in [1.29, 1.82) is 0 Å². The highest BCUT2D eigenvalue weighted by Gasteiger charge is 2.32. The van der Waals surface area contributed by atoms with Crippen molar-refractivity contribution in [2.75, 3.05) is 30.4 Å². The Labute approximate surface area is 119 Å². The maximum Gasteiger partial charge on any atom is 0.323 e. The molecule has 7 heteroatoms. The van der Waals surface area contributed by atoms with Crippen LogP contribution < -0.4 is 15.0 Å². The Morgan fingerprint density at radius 2 is 2.15 bits per heavy atom. The third-order valence-corrected chi connectivity index (χ3v) is 3.49. The van der Waals surface area contributed by atoms with E-state index in [9.17, 15) is 5.11 Å². The van der Waals surface area contributed by atoms with Crippen molar-refractivity contribution in [3.8, 4) is 6.01 Å². The molecule has 1 aromatic rings. The number of nitrogens with one attached hydrogen (secondary N) is 1. The normalized spacial score (nSPS) is 22.4. The van der Waals surface area contributed by atoms with Crippen molar-refractivity contribution in [3.63, 3.8) is 0 Å². The number of hydrogen-bond donors (Lipinski definition) is 2. The van der Waals surface area contributed by atoms with Crippen molar-refractivity contribution in [2.24, 2.45) is 5.92 Å². The molecule has 2 rings (SSSR count). The zero-order valence-corrected chi connectivity index (χ0v) is 12.5. The fourth-order valence-electron chi connectivity index (χ4n) is 2.38. The minimum Gasteiger partial charge on any atom is -0.461 e. The average molecular weight is 281 g/mol. The number of rotatable bonds is 5. The quantitative estimate of drug-likeness (QED) is 0.829. The second-order valence-electron chi connectivity index (χ2n) is 5.37. The summed E-state index contributed by atoms with van der Waals surface area (Å²) in [4.78, 5) is 15.0. The van der Waals surface area contributed by atoms with Gasteiger partial charge in [-0.1, -0.05) is 6.92 Å². The van der Waals surface area contributed by atoms with Gasteiger partial charge in [0.1, 0.15) is 0 Å². The Morgan fingerprint density at radius 3 is 2.75 bits per heavy atom. The molecule has 1 aliphatic heterocycles. The third kappa shape index (κ3) is 3.09. The summed E-state index contributed by atoms with van der Waals surface area (Å²) in [5, 5.41) is 12.5. The smallest absolute Gasteiger partial charge is 0.323 e. The molecule has 20 heavy (non-hydrogen) atoms. The number of anilines is 2. The molecule has 0 saturated carbocycles. The molecule has 112 valence electrons. The summed E-state index contributed by atoms with van der Waals surface area (Å²) in [6.07, 6.45) is 1.02. The largest absolute Gasteiger partial charge is 0.461 e. The summed E-state index contributed by atoms with van der Waals surface area (Å²) in [6.45, 7) is 6.92. The summed E-state index contributed by atoms with van der Waals surface area (Å²) in [5.74, 6) is 1.45. The molecule has 1 saturated heterocycles. The second-order valence-corrected chi connectivity index (χ2v) is 5.37. The molecule has 7 nitrogen and oxygen atoms in total. The van der Waals surface area contributed by atoms with E-state index in [0.29, 0.717) is 23.8 Å². The number of ether oxygens (including phenoxy) is 1. The Hall–Kier alpha value is -1.63. The van der Waals surface area contributed by atoms with Gasteiger partial charge in [-0.15, -0.1) is 0 Å². The van der Waals surface area contributed by atoms with E-state index in [2.05, 4.69) is 27.2 Å². The predicted molar refractivity (Wildman–Crippen MR) is 77.1 cm³/mol. The van der Waals surface area contributed by atoms with Crippen molar-refractivity contribution in [3.05, 3.63) is 0 Å². The lowest BCUT2D eigenvalue weighted by Crippen LogP contribution is -2.36. The van der Waals surface area contributed by atoms with Gasteiger partial charge in [0, 0.05) is 13.6 Å². The molecule has 0 spiro atoms. The van der Waals surface area contributed by atoms with E-state index >= 15 is 0 Å². The Kier molecular flexibility index (Phi) is 4.59. The lowest BCUT2D eigenvalue weighted by molar-refractivity contribution is 0.220. The van der Waals surface area contributed by atoms with E-state index in [1.54, 1.807) is 7.05 Å². The Balaban J connectivity index is 2.30. The van der Waals surface area contributed by atoms with Gasteiger partial charge in [-0.05, 0) is 26.2 Å². The van der Waals surface area contributed by atoms with E-state index in [1.807, 2.05) is 18.7 Å². The SMILES string of the molecule is CNc1nc(OC(C)C)nc(N2CCC(C)C2CO)n1.